The Hall–Kier alpha value is -0.420. The Labute approximate surface area is 148 Å². The van der Waals surface area contributed by atoms with Gasteiger partial charge in [-0.05, 0) is 50.8 Å². The van der Waals surface area contributed by atoms with Gasteiger partial charge in [-0.25, -0.2) is 0 Å². The van der Waals surface area contributed by atoms with Gasteiger partial charge in [-0.15, -0.1) is 0 Å². The highest BCUT2D eigenvalue weighted by atomic mass is 79.9. The molecule has 1 aliphatic heterocycles. The smallest absolute Gasteiger partial charge is 0.208 e. The fourth-order valence-corrected chi connectivity index (χ4v) is 4.10. The van der Waals surface area contributed by atoms with E-state index in [1.807, 2.05) is 13.0 Å². The molecule has 23 heavy (non-hydrogen) atoms. The average Bonchev–Trinajstić information content (AvgIpc) is 2.46. The van der Waals surface area contributed by atoms with E-state index < -0.39 is 5.79 Å². The molecule has 2 rings (SSSR count). The van der Waals surface area contributed by atoms with E-state index >= 15 is 0 Å². The summed E-state index contributed by atoms with van der Waals surface area (Å²) in [4.78, 5) is 0. The van der Waals surface area contributed by atoms with Crippen molar-refractivity contribution in [1.82, 2.24) is 5.32 Å². The maximum atomic E-state index is 11.2. The van der Waals surface area contributed by atoms with Crippen LogP contribution >= 0.6 is 15.9 Å². The first-order chi connectivity index (χ1) is 10.7. The molecule has 0 aliphatic carbocycles. The van der Waals surface area contributed by atoms with Crippen molar-refractivity contribution in [2.45, 2.75) is 77.7 Å². The zero-order chi connectivity index (χ0) is 17.3. The molecule has 1 saturated heterocycles. The lowest BCUT2D eigenvalue weighted by Crippen LogP contribution is -2.63. The van der Waals surface area contributed by atoms with Crippen molar-refractivity contribution in [3.63, 3.8) is 0 Å². The van der Waals surface area contributed by atoms with E-state index in [-0.39, 0.29) is 11.6 Å². The van der Waals surface area contributed by atoms with Crippen LogP contribution in [0, 0.1) is 0 Å². The highest BCUT2D eigenvalue weighted by Crippen LogP contribution is 2.36. The zero-order valence-corrected chi connectivity index (χ0v) is 16.6. The number of nitrogens with one attached hydrogen (secondary N) is 1. The van der Waals surface area contributed by atoms with Crippen molar-refractivity contribution in [2.75, 3.05) is 6.61 Å². The maximum Gasteiger partial charge on any atom is 0.208 e. The largest absolute Gasteiger partial charge is 0.361 e. The monoisotopic (exact) mass is 383 g/mol. The van der Waals surface area contributed by atoms with Crippen LogP contribution in [-0.2, 0) is 23.4 Å². The number of rotatable bonds is 5. The molecule has 130 valence electrons. The van der Waals surface area contributed by atoms with Crippen LogP contribution in [0.25, 0.3) is 0 Å². The lowest BCUT2D eigenvalue weighted by Gasteiger charge is -2.46. The molecular weight excluding hydrogens is 354 g/mol. The third-order valence-electron chi connectivity index (χ3n) is 4.57. The molecule has 1 heterocycles. The van der Waals surface area contributed by atoms with Crippen LogP contribution in [0.5, 0.6) is 0 Å². The van der Waals surface area contributed by atoms with Crippen molar-refractivity contribution in [3.8, 4) is 0 Å². The van der Waals surface area contributed by atoms with Crippen LogP contribution < -0.4 is 5.32 Å². The van der Waals surface area contributed by atoms with Crippen LogP contribution in [0.2, 0.25) is 0 Å². The Bertz CT molecular complexity index is 559. The molecule has 4 heteroatoms. The predicted octanol–water partition coefficient (Wildman–Crippen LogP) is 4.29. The number of aryl methyl sites for hydroxylation is 1. The number of halogens is 1. The van der Waals surface area contributed by atoms with Crippen LogP contribution in [-0.4, -0.2) is 23.3 Å². The number of ether oxygens (including phenoxy) is 1. The van der Waals surface area contributed by atoms with Crippen LogP contribution in [0.1, 0.15) is 64.2 Å². The Morgan fingerprint density at radius 2 is 1.91 bits per heavy atom. The molecule has 0 radical (unpaired) electrons. The third kappa shape index (κ3) is 3.98. The van der Waals surface area contributed by atoms with Crippen LogP contribution in [0.3, 0.4) is 0 Å². The number of morpholine rings is 1. The van der Waals surface area contributed by atoms with E-state index in [4.69, 9.17) is 4.74 Å². The van der Waals surface area contributed by atoms with Crippen molar-refractivity contribution in [2.24, 2.45) is 0 Å². The van der Waals surface area contributed by atoms with Crippen LogP contribution in [0.4, 0.5) is 0 Å². The fraction of sp³-hybridized carbons (Fsp3) is 0.684. The zero-order valence-electron chi connectivity index (χ0n) is 15.0. The van der Waals surface area contributed by atoms with Gasteiger partial charge in [0, 0.05) is 15.6 Å². The van der Waals surface area contributed by atoms with Gasteiger partial charge in [-0.2, -0.15) is 0 Å². The van der Waals surface area contributed by atoms with Gasteiger partial charge in [0.1, 0.15) is 0 Å². The summed E-state index contributed by atoms with van der Waals surface area (Å²) in [5.74, 6) is -1.29. The van der Waals surface area contributed by atoms with Gasteiger partial charge in [0.2, 0.25) is 5.79 Å². The van der Waals surface area contributed by atoms with E-state index in [2.05, 4.69) is 55.0 Å². The topological polar surface area (TPSA) is 41.5 Å². The SMILES string of the molecule is CCCc1cc(C2(O)OCC(C)(C)NC2C)cc(Br)c1CCC. The van der Waals surface area contributed by atoms with E-state index in [0.29, 0.717) is 6.61 Å². The second kappa shape index (κ2) is 7.22. The highest BCUT2D eigenvalue weighted by molar-refractivity contribution is 9.10. The molecular formula is C19H30BrNO2. The van der Waals surface area contributed by atoms with E-state index in [9.17, 15) is 5.11 Å². The van der Waals surface area contributed by atoms with E-state index in [1.54, 1.807) is 0 Å². The van der Waals surface area contributed by atoms with Crippen molar-refractivity contribution in [3.05, 3.63) is 33.3 Å². The lowest BCUT2D eigenvalue weighted by molar-refractivity contribution is -0.263. The first kappa shape index (κ1) is 18.9. The second-order valence-corrected chi connectivity index (χ2v) is 8.19. The van der Waals surface area contributed by atoms with Gasteiger partial charge >= 0.3 is 0 Å². The Kier molecular flexibility index (Phi) is 5.94. The summed E-state index contributed by atoms with van der Waals surface area (Å²) in [6.45, 7) is 11.0. The lowest BCUT2D eigenvalue weighted by atomic mass is 9.89. The summed E-state index contributed by atoms with van der Waals surface area (Å²) in [7, 11) is 0. The van der Waals surface area contributed by atoms with Gasteiger partial charge in [0.05, 0.1) is 12.6 Å². The minimum atomic E-state index is -1.29. The number of hydrogen-bond donors (Lipinski definition) is 2. The average molecular weight is 384 g/mol. The summed E-state index contributed by atoms with van der Waals surface area (Å²) in [5.41, 5.74) is 3.38. The summed E-state index contributed by atoms with van der Waals surface area (Å²) in [5, 5.41) is 14.6. The summed E-state index contributed by atoms with van der Waals surface area (Å²) < 4.78 is 7.02. The highest BCUT2D eigenvalue weighted by Gasteiger charge is 2.45. The molecule has 0 amide bonds. The Morgan fingerprint density at radius 1 is 1.26 bits per heavy atom. The molecule has 2 unspecified atom stereocenters. The Morgan fingerprint density at radius 3 is 2.48 bits per heavy atom. The minimum absolute atomic E-state index is 0.128. The third-order valence-corrected chi connectivity index (χ3v) is 5.28. The molecule has 0 aromatic heterocycles. The van der Waals surface area contributed by atoms with Crippen molar-refractivity contribution in [1.29, 1.82) is 0 Å². The first-order valence-electron chi connectivity index (χ1n) is 8.69. The molecule has 0 spiro atoms. The van der Waals surface area contributed by atoms with Gasteiger partial charge in [0.15, 0.2) is 0 Å². The van der Waals surface area contributed by atoms with Crippen molar-refractivity contribution >= 4 is 15.9 Å². The van der Waals surface area contributed by atoms with Crippen molar-refractivity contribution < 1.29 is 9.84 Å². The minimum Gasteiger partial charge on any atom is -0.361 e. The molecule has 1 aromatic carbocycles. The first-order valence-corrected chi connectivity index (χ1v) is 9.48. The molecule has 3 nitrogen and oxygen atoms in total. The van der Waals surface area contributed by atoms with Gasteiger partial charge < -0.3 is 15.2 Å². The number of hydrogen-bond acceptors (Lipinski definition) is 3. The standard InChI is InChI=1S/C19H30BrNO2/c1-6-8-14-10-15(11-17(20)16(14)9-7-2)19(22)13(3)21-18(4,5)12-23-19/h10-11,13,21-22H,6-9,12H2,1-5H3. The van der Waals surface area contributed by atoms with E-state index in [0.717, 1.165) is 35.7 Å². The quantitative estimate of drug-likeness (QED) is 0.796. The fourth-order valence-electron chi connectivity index (χ4n) is 3.40. The normalized spacial score (nSPS) is 27.2. The van der Waals surface area contributed by atoms with Gasteiger partial charge in [-0.1, -0.05) is 48.7 Å². The number of aliphatic hydroxyl groups is 1. The molecule has 1 fully saturated rings. The summed E-state index contributed by atoms with van der Waals surface area (Å²) in [6.07, 6.45) is 4.27. The summed E-state index contributed by atoms with van der Waals surface area (Å²) in [6, 6.07) is 3.99. The summed E-state index contributed by atoms with van der Waals surface area (Å²) >= 11 is 3.72. The molecule has 0 saturated carbocycles. The molecule has 1 aliphatic rings. The van der Waals surface area contributed by atoms with Gasteiger partial charge in [-0.3, -0.25) is 0 Å². The molecule has 2 atom stereocenters. The molecule has 1 aromatic rings. The Balaban J connectivity index is 2.43. The number of benzene rings is 1. The van der Waals surface area contributed by atoms with Gasteiger partial charge in [0.25, 0.3) is 0 Å². The molecule has 2 N–H and O–H groups in total. The molecule has 0 bridgehead atoms. The van der Waals surface area contributed by atoms with E-state index in [1.165, 1.54) is 11.1 Å². The van der Waals surface area contributed by atoms with Crippen LogP contribution in [0.15, 0.2) is 16.6 Å². The predicted molar refractivity (Wildman–Crippen MR) is 98.7 cm³/mol. The maximum absolute atomic E-state index is 11.2. The second-order valence-electron chi connectivity index (χ2n) is 7.33.